The van der Waals surface area contributed by atoms with Gasteiger partial charge in [-0.15, -0.1) is 0 Å². The molecule has 0 bridgehead atoms. The molecule has 1 fully saturated rings. The van der Waals surface area contributed by atoms with Crippen LogP contribution in [0.3, 0.4) is 0 Å². The van der Waals surface area contributed by atoms with Crippen LogP contribution >= 0.6 is 0 Å². The van der Waals surface area contributed by atoms with Crippen molar-refractivity contribution in [1.82, 2.24) is 0 Å². The number of ether oxygens (including phenoxy) is 1. The molecular weight excluding hydrogens is 219 g/mol. The number of Topliss-reactive ketones (excluding diaryl/α,β-unsaturated/α-hetero) is 1. The number of rotatable bonds is 3. The van der Waals surface area contributed by atoms with Gasteiger partial charge < -0.3 is 4.74 Å². The smallest absolute Gasteiger partial charge is 0.165 e. The second-order valence-corrected chi connectivity index (χ2v) is 4.58. The van der Waals surface area contributed by atoms with Crippen molar-refractivity contribution in [2.24, 2.45) is 0 Å². The number of aryl methyl sites for hydroxylation is 1. The van der Waals surface area contributed by atoms with Crippen molar-refractivity contribution in [1.29, 1.82) is 0 Å². The predicted octanol–water partition coefficient (Wildman–Crippen LogP) is 3.28. The van der Waals surface area contributed by atoms with E-state index >= 15 is 0 Å². The molecule has 0 aromatic heterocycles. The minimum atomic E-state index is -0.298. The third-order valence-corrected chi connectivity index (χ3v) is 3.18. The van der Waals surface area contributed by atoms with Gasteiger partial charge in [0.25, 0.3) is 0 Å². The van der Waals surface area contributed by atoms with E-state index in [1.165, 1.54) is 12.1 Å². The Labute approximate surface area is 101 Å². The molecule has 0 aliphatic carbocycles. The van der Waals surface area contributed by atoms with Crippen molar-refractivity contribution < 1.29 is 13.9 Å². The molecule has 0 saturated carbocycles. The molecule has 0 radical (unpaired) electrons. The maximum atomic E-state index is 12.9. The van der Waals surface area contributed by atoms with Crippen LogP contribution in [0, 0.1) is 12.7 Å². The van der Waals surface area contributed by atoms with Gasteiger partial charge >= 0.3 is 0 Å². The fraction of sp³-hybridized carbons (Fsp3) is 0.500. The number of halogens is 1. The van der Waals surface area contributed by atoms with E-state index in [0.29, 0.717) is 17.5 Å². The zero-order valence-corrected chi connectivity index (χ0v) is 10.0. The highest BCUT2D eigenvalue weighted by Crippen LogP contribution is 2.19. The van der Waals surface area contributed by atoms with Crippen molar-refractivity contribution in [2.75, 3.05) is 6.61 Å². The van der Waals surface area contributed by atoms with E-state index < -0.39 is 0 Å². The zero-order chi connectivity index (χ0) is 12.3. The molecule has 92 valence electrons. The molecule has 1 aromatic carbocycles. The Morgan fingerprint density at radius 3 is 2.94 bits per heavy atom. The van der Waals surface area contributed by atoms with Gasteiger partial charge in [0.15, 0.2) is 5.78 Å². The standard InChI is InChI=1S/C14H17FO2/c1-10-8-11(15)5-6-13(10)14(16)9-12-4-2-3-7-17-12/h5-6,8,12H,2-4,7,9H2,1H3. The lowest BCUT2D eigenvalue weighted by Crippen LogP contribution is -2.22. The highest BCUT2D eigenvalue weighted by atomic mass is 19.1. The van der Waals surface area contributed by atoms with Gasteiger partial charge in [-0.05, 0) is 49.9 Å². The third kappa shape index (κ3) is 3.13. The third-order valence-electron chi connectivity index (χ3n) is 3.18. The fourth-order valence-corrected chi connectivity index (χ4v) is 2.23. The lowest BCUT2D eigenvalue weighted by atomic mass is 9.97. The molecule has 3 heteroatoms. The number of carbonyl (C=O) groups excluding carboxylic acids is 1. The Balaban J connectivity index is 2.03. The van der Waals surface area contributed by atoms with Crippen molar-refractivity contribution in [2.45, 2.75) is 38.7 Å². The maximum Gasteiger partial charge on any atom is 0.165 e. The lowest BCUT2D eigenvalue weighted by Gasteiger charge is -2.22. The monoisotopic (exact) mass is 236 g/mol. The second-order valence-electron chi connectivity index (χ2n) is 4.58. The molecular formula is C14H17FO2. The Hall–Kier alpha value is -1.22. The van der Waals surface area contributed by atoms with Crippen LogP contribution in [-0.2, 0) is 4.74 Å². The minimum absolute atomic E-state index is 0.0423. The summed E-state index contributed by atoms with van der Waals surface area (Å²) in [6.45, 7) is 2.51. The van der Waals surface area contributed by atoms with Crippen LogP contribution in [0.15, 0.2) is 18.2 Å². The summed E-state index contributed by atoms with van der Waals surface area (Å²) in [5.41, 5.74) is 1.31. The summed E-state index contributed by atoms with van der Waals surface area (Å²) in [4.78, 5) is 12.0. The highest BCUT2D eigenvalue weighted by Gasteiger charge is 2.19. The summed E-state index contributed by atoms with van der Waals surface area (Å²) in [6.07, 6.45) is 3.61. The number of carbonyl (C=O) groups is 1. The molecule has 0 N–H and O–H groups in total. The van der Waals surface area contributed by atoms with E-state index in [2.05, 4.69) is 0 Å². The first-order valence-electron chi connectivity index (χ1n) is 6.08. The van der Waals surface area contributed by atoms with Gasteiger partial charge in [0, 0.05) is 18.6 Å². The van der Waals surface area contributed by atoms with Crippen molar-refractivity contribution in [3.8, 4) is 0 Å². The summed E-state index contributed by atoms with van der Waals surface area (Å²) in [7, 11) is 0. The average molecular weight is 236 g/mol. The molecule has 1 heterocycles. The second kappa shape index (κ2) is 5.41. The van der Waals surface area contributed by atoms with E-state index in [4.69, 9.17) is 4.74 Å². The normalized spacial score (nSPS) is 20.2. The number of hydrogen-bond donors (Lipinski definition) is 0. The van der Waals surface area contributed by atoms with Crippen molar-refractivity contribution >= 4 is 5.78 Å². The molecule has 1 aliphatic rings. The van der Waals surface area contributed by atoms with Gasteiger partial charge in [-0.1, -0.05) is 0 Å². The Morgan fingerprint density at radius 1 is 1.47 bits per heavy atom. The Kier molecular flexibility index (Phi) is 3.89. The molecule has 1 unspecified atom stereocenters. The highest BCUT2D eigenvalue weighted by molar-refractivity contribution is 5.97. The molecule has 0 spiro atoms. The van der Waals surface area contributed by atoms with E-state index in [-0.39, 0.29) is 17.7 Å². The van der Waals surface area contributed by atoms with Gasteiger partial charge in [-0.2, -0.15) is 0 Å². The van der Waals surface area contributed by atoms with Gasteiger partial charge in [0.05, 0.1) is 6.10 Å². The molecule has 2 nitrogen and oxygen atoms in total. The molecule has 1 aliphatic heterocycles. The Bertz CT molecular complexity index is 409. The number of hydrogen-bond acceptors (Lipinski definition) is 2. The number of ketones is 1. The first-order chi connectivity index (χ1) is 8.16. The predicted molar refractivity (Wildman–Crippen MR) is 63.7 cm³/mol. The number of benzene rings is 1. The summed E-state index contributed by atoms with van der Waals surface area (Å²) in [5.74, 6) is -0.248. The minimum Gasteiger partial charge on any atom is -0.378 e. The molecule has 2 rings (SSSR count). The fourth-order valence-electron chi connectivity index (χ4n) is 2.23. The van der Waals surface area contributed by atoms with Gasteiger partial charge in [0.2, 0.25) is 0 Å². The van der Waals surface area contributed by atoms with Crippen LogP contribution in [0.5, 0.6) is 0 Å². The first kappa shape index (κ1) is 12.2. The van der Waals surface area contributed by atoms with Gasteiger partial charge in [0.1, 0.15) is 5.82 Å². The van der Waals surface area contributed by atoms with Crippen molar-refractivity contribution in [3.63, 3.8) is 0 Å². The van der Waals surface area contributed by atoms with E-state index in [9.17, 15) is 9.18 Å². The average Bonchev–Trinajstić information content (AvgIpc) is 2.30. The molecule has 1 saturated heterocycles. The van der Waals surface area contributed by atoms with Crippen LogP contribution in [0.25, 0.3) is 0 Å². The van der Waals surface area contributed by atoms with E-state index in [1.807, 2.05) is 0 Å². The summed E-state index contributed by atoms with van der Waals surface area (Å²) in [6, 6.07) is 4.30. The largest absolute Gasteiger partial charge is 0.378 e. The summed E-state index contributed by atoms with van der Waals surface area (Å²) < 4.78 is 18.5. The van der Waals surface area contributed by atoms with Crippen molar-refractivity contribution in [3.05, 3.63) is 35.1 Å². The van der Waals surface area contributed by atoms with Crippen LogP contribution < -0.4 is 0 Å². The van der Waals surface area contributed by atoms with Crippen LogP contribution in [-0.4, -0.2) is 18.5 Å². The summed E-state index contributed by atoms with van der Waals surface area (Å²) >= 11 is 0. The van der Waals surface area contributed by atoms with Gasteiger partial charge in [-0.3, -0.25) is 4.79 Å². The van der Waals surface area contributed by atoms with Gasteiger partial charge in [-0.25, -0.2) is 4.39 Å². The van der Waals surface area contributed by atoms with E-state index in [1.54, 1.807) is 13.0 Å². The Morgan fingerprint density at radius 2 is 2.29 bits per heavy atom. The molecule has 1 aromatic rings. The van der Waals surface area contributed by atoms with Crippen LogP contribution in [0.1, 0.15) is 41.6 Å². The molecule has 1 atom stereocenters. The zero-order valence-electron chi connectivity index (χ0n) is 10.0. The lowest BCUT2D eigenvalue weighted by molar-refractivity contribution is 0.0129. The van der Waals surface area contributed by atoms with Crippen LogP contribution in [0.4, 0.5) is 4.39 Å². The topological polar surface area (TPSA) is 26.3 Å². The SMILES string of the molecule is Cc1cc(F)ccc1C(=O)CC1CCCCO1. The molecule has 0 amide bonds. The summed E-state index contributed by atoms with van der Waals surface area (Å²) in [5, 5.41) is 0. The molecule has 17 heavy (non-hydrogen) atoms. The maximum absolute atomic E-state index is 12.9. The van der Waals surface area contributed by atoms with Crippen LogP contribution in [0.2, 0.25) is 0 Å². The quantitative estimate of drug-likeness (QED) is 0.753. The first-order valence-corrected chi connectivity index (χ1v) is 6.08. The van der Waals surface area contributed by atoms with E-state index in [0.717, 1.165) is 25.9 Å².